The maximum atomic E-state index is 14.7. The van der Waals surface area contributed by atoms with E-state index in [0.717, 1.165) is 0 Å². The van der Waals surface area contributed by atoms with Gasteiger partial charge < -0.3 is 51.1 Å². The molecule has 20 nitrogen and oxygen atoms in total. The van der Waals surface area contributed by atoms with Crippen molar-refractivity contribution in [2.45, 2.75) is 290 Å². The second-order valence-corrected chi connectivity index (χ2v) is 30.8. The number of likely N-dealkylation sites (N-methyl/N-ethyl adjacent to an activating group) is 5. The van der Waals surface area contributed by atoms with Crippen LogP contribution in [0, 0.1) is 59.2 Å². The van der Waals surface area contributed by atoms with Crippen LogP contribution in [0.4, 0.5) is 0 Å². The molecule has 1 heterocycles. The molecule has 10 amide bonds. The van der Waals surface area contributed by atoms with Gasteiger partial charge in [-0.1, -0.05) is 101 Å². The largest absolute Gasteiger partial charge is 0.344 e. The van der Waals surface area contributed by atoms with Crippen molar-refractivity contribution < 1.29 is 47.9 Å². The molecule has 6 fully saturated rings. The number of hydrogen-bond acceptors (Lipinski definition) is 10. The van der Waals surface area contributed by atoms with Gasteiger partial charge in [0.05, 0.1) is 0 Å². The smallest absolute Gasteiger partial charge is 0.245 e. The second-order valence-electron chi connectivity index (χ2n) is 30.8. The summed E-state index contributed by atoms with van der Waals surface area (Å²) in [6.07, 6.45) is 14.1. The lowest BCUT2D eigenvalue weighted by molar-refractivity contribution is -0.143. The van der Waals surface area contributed by atoms with Crippen LogP contribution in [0.3, 0.4) is 0 Å². The predicted molar refractivity (Wildman–Crippen MR) is 350 cm³/mol. The number of carbonyl (C=O) groups excluding carboxylic acids is 10. The van der Waals surface area contributed by atoms with Gasteiger partial charge in [0, 0.05) is 95.0 Å². The quantitative estimate of drug-likeness (QED) is 0.142. The van der Waals surface area contributed by atoms with Crippen LogP contribution in [0.5, 0.6) is 0 Å². The van der Waals surface area contributed by atoms with Gasteiger partial charge in [0.2, 0.25) is 59.1 Å². The minimum Gasteiger partial charge on any atom is -0.344 e. The highest BCUT2D eigenvalue weighted by Crippen LogP contribution is 2.35. The first-order valence-corrected chi connectivity index (χ1v) is 35.3. The Kier molecular flexibility index (Phi) is 27.9. The zero-order chi connectivity index (χ0) is 66.4. The number of carbonyl (C=O) groups is 10. The fourth-order valence-corrected chi connectivity index (χ4v) is 15.8. The molecule has 0 spiro atoms. The SMILES string of the molecule is CC(C)C[C@H]1NC(=O)[C@@H]2CCC[C@@H](C2)N(C)C(=O)[C@@H](CC(C)C)NC(=O)[C@@H]2CCC[C@@H](C2)N(C)C(=O)[C@@H](CC(C)C)NC(=O)[C@@H]2CCC[C@@H](C2)N(C)C(=O)[C@@H](CC(C)C)NC(=O)[C@@H]2CCC[C@@H](C2)N(C)C(=O)[C@@H](CC(C)C)NC(=O)[C@@H]2CCC[C@@H](C2)N(C)C1=O. The fourth-order valence-electron chi connectivity index (χ4n) is 15.8. The van der Waals surface area contributed by atoms with Gasteiger partial charge in [0.1, 0.15) is 30.2 Å². The van der Waals surface area contributed by atoms with E-state index in [0.29, 0.717) is 161 Å². The van der Waals surface area contributed by atoms with Gasteiger partial charge in [-0.05, 0) is 158 Å². The summed E-state index contributed by atoms with van der Waals surface area (Å²) >= 11 is 0. The predicted octanol–water partition coefficient (Wildman–Crippen LogP) is 7.74. The molecule has 6 rings (SSSR count). The van der Waals surface area contributed by atoms with Crippen LogP contribution in [0.15, 0.2) is 0 Å². The summed E-state index contributed by atoms with van der Waals surface area (Å²) in [5.41, 5.74) is 0. The van der Waals surface area contributed by atoms with Crippen LogP contribution in [0.2, 0.25) is 0 Å². The van der Waals surface area contributed by atoms with Gasteiger partial charge in [-0.3, -0.25) is 47.9 Å². The Morgan fingerprint density at radius 1 is 0.267 bits per heavy atom. The molecule has 5 aliphatic carbocycles. The lowest BCUT2D eigenvalue weighted by atomic mass is 9.82. The third kappa shape index (κ3) is 20.3. The third-order valence-electron chi connectivity index (χ3n) is 21.2. The first-order chi connectivity index (χ1) is 42.4. The molecule has 0 aromatic rings. The molecule has 1 saturated heterocycles. The molecular weight excluding hydrogens is 1140 g/mol. The highest BCUT2D eigenvalue weighted by Gasteiger charge is 2.43. The van der Waals surface area contributed by atoms with Crippen LogP contribution in [0.1, 0.15) is 230 Å². The van der Waals surface area contributed by atoms with Gasteiger partial charge in [-0.2, -0.15) is 0 Å². The average Bonchev–Trinajstić information content (AvgIpc) is 1.03. The zero-order valence-electron chi connectivity index (χ0n) is 58.0. The van der Waals surface area contributed by atoms with E-state index in [9.17, 15) is 47.9 Å². The lowest BCUT2D eigenvalue weighted by Gasteiger charge is -2.40. The monoisotopic (exact) mass is 1260 g/mol. The van der Waals surface area contributed by atoms with Gasteiger partial charge in [-0.25, -0.2) is 0 Å². The topological polar surface area (TPSA) is 247 Å². The number of nitrogens with zero attached hydrogens (tertiary/aromatic N) is 5. The number of amides is 10. The number of nitrogens with one attached hydrogen (secondary N) is 5. The van der Waals surface area contributed by atoms with Crippen molar-refractivity contribution in [3.63, 3.8) is 0 Å². The summed E-state index contributed by atoms with van der Waals surface area (Å²) in [6, 6.07) is -5.39. The fraction of sp³-hybridized carbons (Fsp3) is 0.857. The molecule has 15 atom stereocenters. The normalized spacial score (nSPS) is 33.1. The van der Waals surface area contributed by atoms with E-state index in [1.54, 1.807) is 59.7 Å². The minimum atomic E-state index is -0.805. The van der Waals surface area contributed by atoms with E-state index >= 15 is 0 Å². The molecule has 0 radical (unpaired) electrons. The summed E-state index contributed by atoms with van der Waals surface area (Å²) in [7, 11) is 8.81. The molecule has 510 valence electrons. The Balaban J connectivity index is 1.27. The molecule has 90 heavy (non-hydrogen) atoms. The molecule has 20 heteroatoms. The first kappa shape index (κ1) is 73.7. The first-order valence-electron chi connectivity index (χ1n) is 35.3. The van der Waals surface area contributed by atoms with Crippen LogP contribution in [0.25, 0.3) is 0 Å². The van der Waals surface area contributed by atoms with Gasteiger partial charge >= 0.3 is 0 Å². The van der Waals surface area contributed by atoms with E-state index in [2.05, 4.69) is 26.6 Å². The van der Waals surface area contributed by atoms with Crippen LogP contribution < -0.4 is 26.6 Å². The molecule has 0 unspecified atom stereocenters. The van der Waals surface area contributed by atoms with Crippen molar-refractivity contribution in [3.8, 4) is 0 Å². The van der Waals surface area contributed by atoms with E-state index < -0.39 is 59.8 Å². The van der Waals surface area contributed by atoms with E-state index in [4.69, 9.17) is 0 Å². The highest BCUT2D eigenvalue weighted by molar-refractivity contribution is 5.93. The number of hydrogen-bond donors (Lipinski definition) is 5. The molecule has 5 saturated carbocycles. The highest BCUT2D eigenvalue weighted by atomic mass is 16.2. The Bertz CT molecular complexity index is 2090. The lowest BCUT2D eigenvalue weighted by Crippen LogP contribution is -2.56. The summed E-state index contributed by atoms with van der Waals surface area (Å²) in [5.74, 6) is -4.09. The zero-order valence-corrected chi connectivity index (χ0v) is 58.0. The molecule has 1 aliphatic heterocycles. The van der Waals surface area contributed by atoms with Crippen molar-refractivity contribution in [2.24, 2.45) is 59.2 Å². The molecule has 10 bridgehead atoms. The maximum Gasteiger partial charge on any atom is 0.245 e. The molecule has 0 aromatic heterocycles. The summed E-state index contributed by atoms with van der Waals surface area (Å²) in [6.45, 7) is 20.2. The Morgan fingerprint density at radius 2 is 0.411 bits per heavy atom. The third-order valence-corrected chi connectivity index (χ3v) is 21.2. The van der Waals surface area contributed by atoms with E-state index in [-0.39, 0.29) is 119 Å². The van der Waals surface area contributed by atoms with Crippen molar-refractivity contribution in [1.29, 1.82) is 0 Å². The molecular formula is C70H120N10O10. The number of fused-ring (bicyclic) bond motifs is 10. The maximum absolute atomic E-state index is 14.7. The summed E-state index contributed by atoms with van der Waals surface area (Å²) < 4.78 is 0. The van der Waals surface area contributed by atoms with Crippen molar-refractivity contribution in [2.75, 3.05) is 35.2 Å². The molecule has 6 aliphatic rings. The Labute approximate surface area is 540 Å². The van der Waals surface area contributed by atoms with Gasteiger partial charge in [-0.15, -0.1) is 0 Å². The second kappa shape index (κ2) is 34.0. The molecule has 5 N–H and O–H groups in total. The summed E-state index contributed by atoms with van der Waals surface area (Å²) in [5, 5.41) is 15.8. The minimum absolute atomic E-state index is 0.0752. The Hall–Kier alpha value is -5.30. The summed E-state index contributed by atoms with van der Waals surface area (Å²) in [4.78, 5) is 154. The van der Waals surface area contributed by atoms with Crippen molar-refractivity contribution in [1.82, 2.24) is 51.1 Å². The average molecular weight is 1260 g/mol. The van der Waals surface area contributed by atoms with Crippen LogP contribution in [-0.4, -0.2) is 179 Å². The van der Waals surface area contributed by atoms with Crippen molar-refractivity contribution in [3.05, 3.63) is 0 Å². The van der Waals surface area contributed by atoms with Gasteiger partial charge in [0.25, 0.3) is 0 Å². The van der Waals surface area contributed by atoms with Crippen LogP contribution >= 0.6 is 0 Å². The number of rotatable bonds is 10. The Morgan fingerprint density at radius 3 is 0.544 bits per heavy atom. The molecule has 0 aromatic carbocycles. The van der Waals surface area contributed by atoms with Crippen LogP contribution in [-0.2, 0) is 47.9 Å². The van der Waals surface area contributed by atoms with E-state index in [1.807, 2.05) is 69.2 Å². The van der Waals surface area contributed by atoms with Gasteiger partial charge in [0.15, 0.2) is 0 Å². The standard InChI is InChI=1S/C70H120N10O10/c1-41(2)31-56-66(86)76(11)51-26-17-22-47(37-51)62(82)72-58(33-43(5)6)68(88)78(13)53-28-19-24-49(39-53)64(84)74-60(35-45(9)10)70(90)80(15)55-30-20-25-50(40-55)65(85)75-59(34-44(7)8)69(89)79(14)54-29-18-23-48(38-54)63(83)73-57(32-42(3)4)67(87)77(12)52-27-16-21-46(36-52)61(81)71-56/h41-60H,16-40H2,1-15H3,(H,71,81)(H,72,82)(H,73,83)(H,74,84)(H,75,85)/t46-,47-,48-,49-,50-,51+,52+,53+,54+,55+,56-,57-,58-,59-,60-/m1/s1. The van der Waals surface area contributed by atoms with E-state index in [1.165, 1.54) is 0 Å². The van der Waals surface area contributed by atoms with Crippen molar-refractivity contribution >= 4 is 59.1 Å².